The number of phosphoric ester groups is 2. The number of aliphatic hydroxyl groups is 1. The summed E-state index contributed by atoms with van der Waals surface area (Å²) in [6.45, 7) is 7.24. The minimum absolute atomic E-state index is 0.107. The number of phosphoric acid groups is 2. The smallest absolute Gasteiger partial charge is 0.462 e. The molecule has 0 aromatic heterocycles. The molecular formula is C75H146O17P2. The highest BCUT2D eigenvalue weighted by atomic mass is 31.2. The third-order valence-corrected chi connectivity index (χ3v) is 19.4. The average molecular weight is 1380 g/mol. The van der Waals surface area contributed by atoms with Crippen molar-refractivity contribution in [3.63, 3.8) is 0 Å². The first kappa shape index (κ1) is 92.1. The van der Waals surface area contributed by atoms with Gasteiger partial charge < -0.3 is 33.8 Å². The van der Waals surface area contributed by atoms with E-state index in [1.807, 2.05) is 0 Å². The third kappa shape index (κ3) is 68.6. The molecule has 0 saturated carbocycles. The molecule has 0 radical (unpaired) electrons. The highest BCUT2D eigenvalue weighted by molar-refractivity contribution is 7.47. The molecule has 0 aliphatic heterocycles. The monoisotopic (exact) mass is 1380 g/mol. The van der Waals surface area contributed by atoms with Crippen molar-refractivity contribution in [3.8, 4) is 0 Å². The lowest BCUT2D eigenvalue weighted by atomic mass is 10.0. The Morgan fingerprint density at radius 3 is 0.723 bits per heavy atom. The number of carbonyl (C=O) groups excluding carboxylic acids is 4. The fourth-order valence-electron chi connectivity index (χ4n) is 11.5. The van der Waals surface area contributed by atoms with Crippen molar-refractivity contribution in [2.45, 2.75) is 412 Å². The first-order valence-electron chi connectivity index (χ1n) is 39.1. The molecule has 3 N–H and O–H groups in total. The Hall–Kier alpha value is -1.94. The van der Waals surface area contributed by atoms with Crippen molar-refractivity contribution in [1.82, 2.24) is 0 Å². The van der Waals surface area contributed by atoms with Gasteiger partial charge in [-0.15, -0.1) is 0 Å². The van der Waals surface area contributed by atoms with E-state index in [2.05, 4.69) is 34.6 Å². The van der Waals surface area contributed by atoms with Crippen LogP contribution in [0.2, 0.25) is 0 Å². The second-order valence-corrected chi connectivity index (χ2v) is 30.4. The fraction of sp³-hybridized carbons (Fsp3) is 0.947. The maximum atomic E-state index is 13.1. The summed E-state index contributed by atoms with van der Waals surface area (Å²) in [7, 11) is -9.90. The molecule has 0 amide bonds. The van der Waals surface area contributed by atoms with Crippen LogP contribution >= 0.6 is 15.6 Å². The van der Waals surface area contributed by atoms with Gasteiger partial charge in [-0.3, -0.25) is 37.3 Å². The van der Waals surface area contributed by atoms with E-state index in [4.69, 9.17) is 37.0 Å². The van der Waals surface area contributed by atoms with E-state index in [1.54, 1.807) is 0 Å². The summed E-state index contributed by atoms with van der Waals surface area (Å²) in [5.41, 5.74) is 0. The Labute approximate surface area is 575 Å². The summed E-state index contributed by atoms with van der Waals surface area (Å²) < 4.78 is 68.4. The van der Waals surface area contributed by atoms with Gasteiger partial charge in [0, 0.05) is 25.7 Å². The number of aliphatic hydroxyl groups excluding tert-OH is 1. The quantitative estimate of drug-likeness (QED) is 0.0222. The molecular weight excluding hydrogens is 1230 g/mol. The summed E-state index contributed by atoms with van der Waals surface area (Å²) >= 11 is 0. The SMILES string of the molecule is CCCCCCCCCCCCCCCCCCCCCCCCC(=O)O[C@H](COC(=O)CCCCCCCCCCCC(C)C)COP(=O)(O)OC[C@@H](O)COP(=O)(O)OC[C@@H](COC(=O)CCCCCCCCCCC)OC(=O)CCCCCCCCCCCCC. The van der Waals surface area contributed by atoms with Gasteiger partial charge in [0.2, 0.25) is 0 Å². The molecule has 0 aromatic rings. The summed E-state index contributed by atoms with van der Waals surface area (Å²) in [6.07, 6.45) is 57.0. The number of esters is 4. The largest absolute Gasteiger partial charge is 0.472 e. The lowest BCUT2D eigenvalue weighted by Crippen LogP contribution is -2.30. The maximum Gasteiger partial charge on any atom is 0.472 e. The van der Waals surface area contributed by atoms with Crippen LogP contribution in [0.5, 0.6) is 0 Å². The first-order chi connectivity index (χ1) is 45.5. The zero-order valence-electron chi connectivity index (χ0n) is 61.1. The first-order valence-corrected chi connectivity index (χ1v) is 42.1. The molecule has 0 aliphatic carbocycles. The Bertz CT molecular complexity index is 1810. The van der Waals surface area contributed by atoms with E-state index in [1.165, 1.54) is 218 Å². The lowest BCUT2D eigenvalue weighted by Gasteiger charge is -2.21. The standard InChI is InChI=1S/C75H146O17P2/c1-6-9-12-15-18-21-23-24-25-26-27-28-29-30-31-32-33-35-40-46-51-56-61-75(80)92-71(65-86-73(78)59-54-49-44-41-36-38-42-47-52-57-68(4)5)67-90-94(83,84)88-63-69(76)62-87-93(81,82)89-66-70(64-85-72(77)58-53-48-43-37-20-17-14-11-8-3)91-74(79)60-55-50-45-39-34-22-19-16-13-10-7-2/h68-71,76H,6-67H2,1-5H3,(H,81,82)(H,83,84)/t69-,70+,71+/m0/s1. The zero-order chi connectivity index (χ0) is 69.1. The molecule has 2 unspecified atom stereocenters. The van der Waals surface area contributed by atoms with Crippen LogP contribution in [-0.4, -0.2) is 96.7 Å². The summed E-state index contributed by atoms with van der Waals surface area (Å²) in [4.78, 5) is 72.6. The molecule has 5 atom stereocenters. The second-order valence-electron chi connectivity index (χ2n) is 27.5. The number of carbonyl (C=O) groups is 4. The van der Waals surface area contributed by atoms with E-state index in [0.29, 0.717) is 25.7 Å². The maximum absolute atomic E-state index is 13.1. The van der Waals surface area contributed by atoms with Crippen LogP contribution in [-0.2, 0) is 65.4 Å². The molecule has 17 nitrogen and oxygen atoms in total. The van der Waals surface area contributed by atoms with Gasteiger partial charge >= 0.3 is 39.5 Å². The number of hydrogen-bond donors (Lipinski definition) is 3. The van der Waals surface area contributed by atoms with Gasteiger partial charge in [-0.25, -0.2) is 9.13 Å². The molecule has 0 heterocycles. The molecule has 558 valence electrons. The number of rotatable bonds is 75. The number of hydrogen-bond acceptors (Lipinski definition) is 15. The summed E-state index contributed by atoms with van der Waals surface area (Å²) in [5, 5.41) is 10.6. The van der Waals surface area contributed by atoms with Crippen LogP contribution in [0.4, 0.5) is 0 Å². The average Bonchev–Trinajstić information content (AvgIpc) is 1.45. The minimum atomic E-state index is -4.95. The van der Waals surface area contributed by atoms with E-state index in [-0.39, 0.29) is 25.7 Å². The molecule has 19 heteroatoms. The zero-order valence-corrected chi connectivity index (χ0v) is 62.9. The molecule has 0 aliphatic rings. The van der Waals surface area contributed by atoms with Crippen molar-refractivity contribution in [3.05, 3.63) is 0 Å². The summed E-state index contributed by atoms with van der Waals surface area (Å²) in [6, 6.07) is 0. The van der Waals surface area contributed by atoms with Crippen LogP contribution in [0, 0.1) is 5.92 Å². The topological polar surface area (TPSA) is 237 Å². The molecule has 0 spiro atoms. The molecule has 0 bridgehead atoms. The highest BCUT2D eigenvalue weighted by Crippen LogP contribution is 2.45. The van der Waals surface area contributed by atoms with E-state index < -0.39 is 97.5 Å². The highest BCUT2D eigenvalue weighted by Gasteiger charge is 2.30. The Kier molecular flexibility index (Phi) is 66.8. The number of ether oxygens (including phenoxy) is 4. The normalized spacial score (nSPS) is 14.0. The Morgan fingerprint density at radius 1 is 0.287 bits per heavy atom. The molecule has 0 fully saturated rings. The predicted octanol–water partition coefficient (Wildman–Crippen LogP) is 22.1. The predicted molar refractivity (Wildman–Crippen MR) is 382 cm³/mol. The Morgan fingerprint density at radius 2 is 0.489 bits per heavy atom. The fourth-order valence-corrected chi connectivity index (χ4v) is 13.1. The van der Waals surface area contributed by atoms with Crippen molar-refractivity contribution >= 4 is 39.5 Å². The third-order valence-electron chi connectivity index (χ3n) is 17.5. The van der Waals surface area contributed by atoms with Crippen molar-refractivity contribution in [2.75, 3.05) is 39.6 Å². The van der Waals surface area contributed by atoms with Crippen LogP contribution in [0.15, 0.2) is 0 Å². The van der Waals surface area contributed by atoms with E-state index in [0.717, 1.165) is 95.8 Å². The van der Waals surface area contributed by atoms with Gasteiger partial charge in [0.05, 0.1) is 26.4 Å². The summed E-state index contributed by atoms with van der Waals surface area (Å²) in [5.74, 6) is -1.37. The van der Waals surface area contributed by atoms with Crippen LogP contribution < -0.4 is 0 Å². The van der Waals surface area contributed by atoms with Crippen molar-refractivity contribution in [1.29, 1.82) is 0 Å². The minimum Gasteiger partial charge on any atom is -0.462 e. The molecule has 0 aromatic carbocycles. The van der Waals surface area contributed by atoms with Gasteiger partial charge in [0.15, 0.2) is 12.2 Å². The van der Waals surface area contributed by atoms with E-state index >= 15 is 0 Å². The van der Waals surface area contributed by atoms with Crippen molar-refractivity contribution < 1.29 is 80.2 Å². The molecule has 0 saturated heterocycles. The van der Waals surface area contributed by atoms with Crippen LogP contribution in [0.1, 0.15) is 394 Å². The second kappa shape index (κ2) is 68.2. The van der Waals surface area contributed by atoms with E-state index in [9.17, 15) is 43.2 Å². The molecule has 0 rings (SSSR count). The van der Waals surface area contributed by atoms with Gasteiger partial charge in [0.1, 0.15) is 19.3 Å². The van der Waals surface area contributed by atoms with Crippen LogP contribution in [0.25, 0.3) is 0 Å². The number of unbranched alkanes of at least 4 members (excludes halogenated alkanes) is 47. The van der Waals surface area contributed by atoms with Gasteiger partial charge in [0.25, 0.3) is 0 Å². The van der Waals surface area contributed by atoms with Gasteiger partial charge in [-0.1, -0.05) is 343 Å². The van der Waals surface area contributed by atoms with Gasteiger partial charge in [-0.05, 0) is 31.6 Å². The van der Waals surface area contributed by atoms with Crippen LogP contribution in [0.3, 0.4) is 0 Å². The van der Waals surface area contributed by atoms with Gasteiger partial charge in [-0.2, -0.15) is 0 Å². The Balaban J connectivity index is 5.15. The lowest BCUT2D eigenvalue weighted by molar-refractivity contribution is -0.161. The van der Waals surface area contributed by atoms with Crippen molar-refractivity contribution in [2.24, 2.45) is 5.92 Å². The molecule has 94 heavy (non-hydrogen) atoms.